The molecule has 4 aromatic rings. The van der Waals surface area contributed by atoms with E-state index >= 15 is 0 Å². The summed E-state index contributed by atoms with van der Waals surface area (Å²) >= 11 is 0. The third-order valence-electron chi connectivity index (χ3n) is 6.89. The Morgan fingerprint density at radius 2 is 1.22 bits per heavy atom. The van der Waals surface area contributed by atoms with Crippen LogP contribution in [0.5, 0.6) is 0 Å². The average molecular weight is 509 g/mol. The standard InChI is InChI=1S/C32H29O4P/c33-37(34,35)36-30-22-21-28(23-25-13-5-1-6-14-25)31(27-17-9-3-10-18-27)32(30,29-19-11-4-12-20-29)24-26-15-7-2-8-16-26/h1-22,30H,23-24H2,(H2,33,34,35). The van der Waals surface area contributed by atoms with Crippen LogP contribution in [0.25, 0.3) is 5.57 Å². The molecule has 0 spiro atoms. The maximum absolute atomic E-state index is 12.3. The first-order valence-electron chi connectivity index (χ1n) is 12.3. The van der Waals surface area contributed by atoms with Crippen molar-refractivity contribution in [3.8, 4) is 0 Å². The van der Waals surface area contributed by atoms with E-state index < -0.39 is 19.3 Å². The Morgan fingerprint density at radius 3 is 1.78 bits per heavy atom. The normalized spacial score (nSPS) is 19.7. The number of hydrogen-bond donors (Lipinski definition) is 2. The molecule has 1 aliphatic rings. The summed E-state index contributed by atoms with van der Waals surface area (Å²) in [5, 5.41) is 0. The van der Waals surface area contributed by atoms with Gasteiger partial charge in [0.1, 0.15) is 6.10 Å². The van der Waals surface area contributed by atoms with Crippen LogP contribution in [0.2, 0.25) is 0 Å². The molecule has 0 aromatic heterocycles. The Morgan fingerprint density at radius 1 is 0.703 bits per heavy atom. The van der Waals surface area contributed by atoms with E-state index in [0.717, 1.165) is 33.4 Å². The molecule has 1 aliphatic carbocycles. The van der Waals surface area contributed by atoms with E-state index in [4.69, 9.17) is 4.52 Å². The predicted molar refractivity (Wildman–Crippen MR) is 148 cm³/mol. The monoisotopic (exact) mass is 508 g/mol. The minimum atomic E-state index is -4.82. The molecule has 186 valence electrons. The van der Waals surface area contributed by atoms with E-state index in [1.165, 1.54) is 0 Å². The van der Waals surface area contributed by atoms with E-state index in [0.29, 0.717) is 12.8 Å². The first kappa shape index (κ1) is 25.1. The van der Waals surface area contributed by atoms with Gasteiger partial charge in [-0.05, 0) is 46.2 Å². The highest BCUT2D eigenvalue weighted by atomic mass is 31.2. The lowest BCUT2D eigenvalue weighted by Gasteiger charge is -2.45. The largest absolute Gasteiger partial charge is 0.470 e. The van der Waals surface area contributed by atoms with Gasteiger partial charge in [-0.2, -0.15) is 0 Å². The molecule has 4 aromatic carbocycles. The van der Waals surface area contributed by atoms with Gasteiger partial charge in [-0.1, -0.05) is 133 Å². The summed E-state index contributed by atoms with van der Waals surface area (Å²) in [6, 6.07) is 40.4. The van der Waals surface area contributed by atoms with Gasteiger partial charge in [-0.3, -0.25) is 4.52 Å². The summed E-state index contributed by atoms with van der Waals surface area (Å²) in [5.74, 6) is 0. The summed E-state index contributed by atoms with van der Waals surface area (Å²) in [5.41, 5.74) is 5.34. The van der Waals surface area contributed by atoms with Crippen LogP contribution in [0, 0.1) is 0 Å². The quantitative estimate of drug-likeness (QED) is 0.254. The molecule has 0 saturated heterocycles. The van der Waals surface area contributed by atoms with Crippen molar-refractivity contribution >= 4 is 13.4 Å². The summed E-state index contributed by atoms with van der Waals surface area (Å²) in [7, 11) is -4.82. The van der Waals surface area contributed by atoms with Crippen LogP contribution in [-0.2, 0) is 27.3 Å². The van der Waals surface area contributed by atoms with Crippen molar-refractivity contribution in [2.75, 3.05) is 0 Å². The molecular weight excluding hydrogens is 479 g/mol. The molecule has 0 amide bonds. The van der Waals surface area contributed by atoms with Gasteiger partial charge in [0.25, 0.3) is 0 Å². The van der Waals surface area contributed by atoms with Crippen LogP contribution in [0.15, 0.2) is 139 Å². The van der Waals surface area contributed by atoms with E-state index in [2.05, 4.69) is 36.4 Å². The van der Waals surface area contributed by atoms with Gasteiger partial charge >= 0.3 is 7.82 Å². The summed E-state index contributed by atoms with van der Waals surface area (Å²) in [4.78, 5) is 20.0. The molecule has 0 fully saturated rings. The van der Waals surface area contributed by atoms with Crippen LogP contribution in [0.4, 0.5) is 0 Å². The van der Waals surface area contributed by atoms with E-state index in [-0.39, 0.29) is 0 Å². The minimum Gasteiger partial charge on any atom is -0.303 e. The zero-order valence-electron chi connectivity index (χ0n) is 20.4. The van der Waals surface area contributed by atoms with Crippen molar-refractivity contribution in [1.82, 2.24) is 0 Å². The number of phosphoric acid groups is 1. The van der Waals surface area contributed by atoms with E-state index in [1.54, 1.807) is 0 Å². The molecular formula is C32H29O4P. The Hall–Kier alpha value is -3.53. The van der Waals surface area contributed by atoms with Crippen LogP contribution in [-0.4, -0.2) is 15.9 Å². The fourth-order valence-electron chi connectivity index (χ4n) is 5.42. The summed E-state index contributed by atoms with van der Waals surface area (Å²) < 4.78 is 17.9. The minimum absolute atomic E-state index is 0.495. The van der Waals surface area contributed by atoms with Crippen molar-refractivity contribution in [2.45, 2.75) is 24.4 Å². The second-order valence-electron chi connectivity index (χ2n) is 9.30. The van der Waals surface area contributed by atoms with Crippen molar-refractivity contribution in [3.05, 3.63) is 161 Å². The van der Waals surface area contributed by atoms with Gasteiger partial charge in [0.05, 0.1) is 5.41 Å². The summed E-state index contributed by atoms with van der Waals surface area (Å²) in [6.07, 6.45) is 4.07. The van der Waals surface area contributed by atoms with Gasteiger partial charge in [-0.15, -0.1) is 0 Å². The van der Waals surface area contributed by atoms with E-state index in [9.17, 15) is 14.4 Å². The second-order valence-corrected chi connectivity index (χ2v) is 10.5. The molecule has 0 saturated carbocycles. The number of phosphoric ester groups is 1. The summed E-state index contributed by atoms with van der Waals surface area (Å²) in [6.45, 7) is 0. The predicted octanol–water partition coefficient (Wildman–Crippen LogP) is 6.91. The number of allylic oxidation sites excluding steroid dienone is 2. The maximum Gasteiger partial charge on any atom is 0.470 e. The van der Waals surface area contributed by atoms with Crippen molar-refractivity contribution in [1.29, 1.82) is 0 Å². The lowest BCUT2D eigenvalue weighted by atomic mass is 9.61. The smallest absolute Gasteiger partial charge is 0.303 e. The molecule has 5 rings (SSSR count). The van der Waals surface area contributed by atoms with Gasteiger partial charge < -0.3 is 9.79 Å². The SMILES string of the molecule is O=P(O)(O)OC1C=CC(Cc2ccccc2)=C(c2ccccc2)C1(Cc1ccccc1)c1ccccc1. The molecule has 37 heavy (non-hydrogen) atoms. The molecule has 0 radical (unpaired) electrons. The van der Waals surface area contributed by atoms with Crippen LogP contribution in [0.3, 0.4) is 0 Å². The average Bonchev–Trinajstić information content (AvgIpc) is 2.91. The maximum atomic E-state index is 12.3. The van der Waals surface area contributed by atoms with Crippen molar-refractivity contribution < 1.29 is 18.9 Å². The number of benzene rings is 4. The third kappa shape index (κ3) is 5.58. The zero-order chi connectivity index (χ0) is 25.7. The third-order valence-corrected chi connectivity index (χ3v) is 7.39. The lowest BCUT2D eigenvalue weighted by Crippen LogP contribution is -2.45. The van der Waals surface area contributed by atoms with Crippen molar-refractivity contribution in [3.63, 3.8) is 0 Å². The topological polar surface area (TPSA) is 66.8 Å². The Balaban J connectivity index is 1.82. The van der Waals surface area contributed by atoms with Crippen LogP contribution < -0.4 is 0 Å². The van der Waals surface area contributed by atoms with Crippen LogP contribution >= 0.6 is 7.82 Å². The molecule has 5 heteroatoms. The molecule has 0 bridgehead atoms. The highest BCUT2D eigenvalue weighted by Gasteiger charge is 2.49. The number of hydrogen-bond acceptors (Lipinski definition) is 2. The Bertz CT molecular complexity index is 1430. The van der Waals surface area contributed by atoms with Gasteiger partial charge in [0.15, 0.2) is 0 Å². The molecule has 4 nitrogen and oxygen atoms in total. The Labute approximate surface area is 217 Å². The zero-order valence-corrected chi connectivity index (χ0v) is 21.2. The first-order valence-corrected chi connectivity index (χ1v) is 13.8. The van der Waals surface area contributed by atoms with Crippen LogP contribution in [0.1, 0.15) is 22.3 Å². The fraction of sp³-hybridized carbons (Fsp3) is 0.125. The molecule has 2 atom stereocenters. The van der Waals surface area contributed by atoms with Gasteiger partial charge in [0, 0.05) is 0 Å². The van der Waals surface area contributed by atoms with E-state index in [1.807, 2.05) is 97.1 Å². The highest BCUT2D eigenvalue weighted by Crippen LogP contribution is 2.54. The van der Waals surface area contributed by atoms with Gasteiger partial charge in [0.2, 0.25) is 0 Å². The lowest BCUT2D eigenvalue weighted by molar-refractivity contribution is 0.120. The second kappa shape index (κ2) is 10.8. The highest BCUT2D eigenvalue weighted by molar-refractivity contribution is 7.46. The molecule has 0 heterocycles. The molecule has 0 aliphatic heterocycles. The van der Waals surface area contributed by atoms with Gasteiger partial charge in [-0.25, -0.2) is 4.57 Å². The Kier molecular flexibility index (Phi) is 7.36. The number of rotatable bonds is 8. The first-order chi connectivity index (χ1) is 18.0. The fourth-order valence-corrected chi connectivity index (χ4v) is 5.96. The molecule has 2 N–H and O–H groups in total. The molecule has 2 unspecified atom stereocenters. The van der Waals surface area contributed by atoms with Crippen molar-refractivity contribution in [2.24, 2.45) is 0 Å².